The Bertz CT molecular complexity index is 483. The summed E-state index contributed by atoms with van der Waals surface area (Å²) in [6.07, 6.45) is 2.70. The lowest BCUT2D eigenvalue weighted by atomic mass is 9.98. The van der Waals surface area contributed by atoms with Crippen molar-refractivity contribution in [1.82, 2.24) is 24.6 Å². The molecule has 0 aliphatic carbocycles. The van der Waals surface area contributed by atoms with Crippen molar-refractivity contribution < 1.29 is 9.53 Å². The van der Waals surface area contributed by atoms with E-state index in [-0.39, 0.29) is 17.8 Å². The van der Waals surface area contributed by atoms with E-state index in [4.69, 9.17) is 4.74 Å². The van der Waals surface area contributed by atoms with Crippen LogP contribution in [-0.2, 0) is 11.8 Å². The highest BCUT2D eigenvalue weighted by Gasteiger charge is 2.38. The second-order valence-corrected chi connectivity index (χ2v) is 5.39. The van der Waals surface area contributed by atoms with E-state index in [1.165, 1.54) is 0 Å². The van der Waals surface area contributed by atoms with Gasteiger partial charge in [-0.3, -0.25) is 14.4 Å². The largest absolute Gasteiger partial charge is 0.375 e. The van der Waals surface area contributed by atoms with Crippen LogP contribution in [0.3, 0.4) is 0 Å². The summed E-state index contributed by atoms with van der Waals surface area (Å²) in [7, 11) is 1.77. The quantitative estimate of drug-likeness (QED) is 0.747. The number of carbonyl (C=O) groups excluding carboxylic acids is 1. The Kier molecular flexibility index (Phi) is 3.71. The predicted octanol–water partition coefficient (Wildman–Crippen LogP) is -0.250. The van der Waals surface area contributed by atoms with E-state index in [0.717, 1.165) is 32.7 Å². The lowest BCUT2D eigenvalue weighted by Crippen LogP contribution is -2.60. The van der Waals surface area contributed by atoms with Crippen LogP contribution in [0, 0.1) is 0 Å². The zero-order valence-corrected chi connectivity index (χ0v) is 12.0. The maximum absolute atomic E-state index is 12.4. The Morgan fingerprint density at radius 2 is 2.35 bits per heavy atom. The number of rotatable bonds is 2. The number of likely N-dealkylation sites (N-methyl/N-ethyl adjacent to an activating group) is 1. The van der Waals surface area contributed by atoms with Crippen molar-refractivity contribution in [2.75, 3.05) is 32.8 Å². The van der Waals surface area contributed by atoms with Gasteiger partial charge in [0.15, 0.2) is 0 Å². The van der Waals surface area contributed by atoms with Crippen molar-refractivity contribution in [3.8, 4) is 0 Å². The topological polar surface area (TPSA) is 63.5 Å². The lowest BCUT2D eigenvalue weighted by molar-refractivity contribution is -0.0962. The third-order valence-electron chi connectivity index (χ3n) is 4.18. The fourth-order valence-corrected chi connectivity index (χ4v) is 3.10. The molecule has 0 spiro atoms. The number of carbonyl (C=O) groups is 1. The SMILES string of the molecule is CCN1CCO[C@H]2CCN(C(=O)c3ncn(C)n3)C[C@@H]21. The first-order chi connectivity index (χ1) is 9.69. The maximum Gasteiger partial charge on any atom is 0.293 e. The summed E-state index contributed by atoms with van der Waals surface area (Å²) in [5.74, 6) is 0.205. The fraction of sp³-hybridized carbons (Fsp3) is 0.769. The molecule has 1 aromatic heterocycles. The van der Waals surface area contributed by atoms with Crippen LogP contribution in [0.15, 0.2) is 6.33 Å². The normalized spacial score (nSPS) is 27.4. The molecule has 0 radical (unpaired) electrons. The molecule has 3 heterocycles. The summed E-state index contributed by atoms with van der Waals surface area (Å²) in [6.45, 7) is 6.32. The van der Waals surface area contributed by atoms with Gasteiger partial charge < -0.3 is 9.64 Å². The molecule has 110 valence electrons. The Hall–Kier alpha value is -1.47. The Morgan fingerprint density at radius 3 is 3.05 bits per heavy atom. The number of morpholine rings is 1. The van der Waals surface area contributed by atoms with Crippen LogP contribution in [0.25, 0.3) is 0 Å². The molecule has 2 saturated heterocycles. The highest BCUT2D eigenvalue weighted by atomic mass is 16.5. The number of hydrogen-bond donors (Lipinski definition) is 0. The van der Waals surface area contributed by atoms with E-state index in [0.29, 0.717) is 12.6 Å². The highest BCUT2D eigenvalue weighted by Crippen LogP contribution is 2.23. The lowest BCUT2D eigenvalue weighted by Gasteiger charge is -2.46. The van der Waals surface area contributed by atoms with E-state index in [9.17, 15) is 4.79 Å². The van der Waals surface area contributed by atoms with E-state index >= 15 is 0 Å². The Morgan fingerprint density at radius 1 is 1.50 bits per heavy atom. The van der Waals surface area contributed by atoms with Gasteiger partial charge in [-0.05, 0) is 13.0 Å². The van der Waals surface area contributed by atoms with Crippen molar-refractivity contribution in [1.29, 1.82) is 0 Å². The molecule has 3 rings (SSSR count). The van der Waals surface area contributed by atoms with E-state index in [1.807, 2.05) is 4.90 Å². The van der Waals surface area contributed by atoms with E-state index in [1.54, 1.807) is 18.1 Å². The average Bonchev–Trinajstić information content (AvgIpc) is 2.91. The number of fused-ring (bicyclic) bond motifs is 1. The van der Waals surface area contributed by atoms with Crippen molar-refractivity contribution >= 4 is 5.91 Å². The number of aromatic nitrogens is 3. The third-order valence-corrected chi connectivity index (χ3v) is 4.18. The Labute approximate surface area is 118 Å². The third kappa shape index (κ3) is 2.43. The van der Waals surface area contributed by atoms with E-state index in [2.05, 4.69) is 21.9 Å². The first-order valence-electron chi connectivity index (χ1n) is 7.19. The number of hydrogen-bond acceptors (Lipinski definition) is 5. The first kappa shape index (κ1) is 13.5. The van der Waals surface area contributed by atoms with Gasteiger partial charge in [0.05, 0.1) is 18.8 Å². The minimum Gasteiger partial charge on any atom is -0.375 e. The minimum atomic E-state index is -0.0781. The van der Waals surface area contributed by atoms with Gasteiger partial charge in [-0.15, -0.1) is 5.10 Å². The van der Waals surface area contributed by atoms with Crippen molar-refractivity contribution in [2.45, 2.75) is 25.5 Å². The summed E-state index contributed by atoms with van der Waals surface area (Å²) >= 11 is 0. The summed E-state index contributed by atoms with van der Waals surface area (Å²) in [4.78, 5) is 20.7. The number of likely N-dealkylation sites (tertiary alicyclic amines) is 1. The van der Waals surface area contributed by atoms with Gasteiger partial charge in [0.25, 0.3) is 5.91 Å². The number of aryl methyl sites for hydroxylation is 1. The molecule has 2 aliphatic heterocycles. The van der Waals surface area contributed by atoms with Gasteiger partial charge >= 0.3 is 0 Å². The van der Waals surface area contributed by atoms with Gasteiger partial charge in [0, 0.05) is 26.7 Å². The summed E-state index contributed by atoms with van der Waals surface area (Å²) in [5, 5.41) is 4.10. The molecule has 1 aromatic rings. The molecule has 0 aromatic carbocycles. The molecule has 1 amide bonds. The van der Waals surface area contributed by atoms with Crippen LogP contribution in [0.5, 0.6) is 0 Å². The zero-order chi connectivity index (χ0) is 14.1. The van der Waals surface area contributed by atoms with Gasteiger partial charge in [-0.2, -0.15) is 0 Å². The van der Waals surface area contributed by atoms with Crippen LogP contribution < -0.4 is 0 Å². The molecule has 20 heavy (non-hydrogen) atoms. The second kappa shape index (κ2) is 5.49. The number of ether oxygens (including phenoxy) is 1. The van der Waals surface area contributed by atoms with Crippen LogP contribution in [-0.4, -0.2) is 75.4 Å². The molecule has 2 atom stereocenters. The molecule has 7 nitrogen and oxygen atoms in total. The summed E-state index contributed by atoms with van der Waals surface area (Å²) in [5.41, 5.74) is 0. The molecular formula is C13H21N5O2. The van der Waals surface area contributed by atoms with Crippen molar-refractivity contribution in [2.24, 2.45) is 7.05 Å². The van der Waals surface area contributed by atoms with Crippen LogP contribution >= 0.6 is 0 Å². The number of amides is 1. The minimum absolute atomic E-state index is 0.0781. The average molecular weight is 279 g/mol. The highest BCUT2D eigenvalue weighted by molar-refractivity contribution is 5.90. The molecule has 2 aliphatic rings. The van der Waals surface area contributed by atoms with Crippen molar-refractivity contribution in [3.63, 3.8) is 0 Å². The maximum atomic E-state index is 12.4. The fourth-order valence-electron chi connectivity index (χ4n) is 3.10. The number of nitrogens with zero attached hydrogens (tertiary/aromatic N) is 5. The van der Waals surface area contributed by atoms with Gasteiger partial charge in [-0.1, -0.05) is 6.92 Å². The number of piperidine rings is 1. The standard InChI is InChI=1S/C13H21N5O2/c1-3-17-6-7-20-11-4-5-18(8-10(11)17)13(19)12-14-9-16(2)15-12/h9-11H,3-8H2,1-2H3/t10-,11-/m0/s1. The predicted molar refractivity (Wildman–Crippen MR) is 72.3 cm³/mol. The molecule has 2 fully saturated rings. The molecule has 0 saturated carbocycles. The molecule has 0 bridgehead atoms. The molecule has 7 heteroatoms. The first-order valence-corrected chi connectivity index (χ1v) is 7.19. The molecular weight excluding hydrogens is 258 g/mol. The second-order valence-electron chi connectivity index (χ2n) is 5.39. The van der Waals surface area contributed by atoms with Crippen LogP contribution in [0.1, 0.15) is 24.0 Å². The Balaban J connectivity index is 1.71. The zero-order valence-electron chi connectivity index (χ0n) is 12.0. The summed E-state index contributed by atoms with van der Waals surface area (Å²) in [6, 6.07) is 0.301. The molecule has 0 unspecified atom stereocenters. The van der Waals surface area contributed by atoms with Crippen LogP contribution in [0.4, 0.5) is 0 Å². The van der Waals surface area contributed by atoms with Gasteiger partial charge in [0.2, 0.25) is 5.82 Å². The van der Waals surface area contributed by atoms with Gasteiger partial charge in [0.1, 0.15) is 6.33 Å². The van der Waals surface area contributed by atoms with Crippen molar-refractivity contribution in [3.05, 3.63) is 12.2 Å². The van der Waals surface area contributed by atoms with Gasteiger partial charge in [-0.25, -0.2) is 4.98 Å². The van der Waals surface area contributed by atoms with Crippen LogP contribution in [0.2, 0.25) is 0 Å². The molecule has 0 N–H and O–H groups in total. The monoisotopic (exact) mass is 279 g/mol. The smallest absolute Gasteiger partial charge is 0.293 e. The van der Waals surface area contributed by atoms with E-state index < -0.39 is 0 Å². The summed E-state index contributed by atoms with van der Waals surface area (Å²) < 4.78 is 7.39.